The maximum Gasteiger partial charge on any atom is 0.251 e. The van der Waals surface area contributed by atoms with Crippen LogP contribution in [0.2, 0.25) is 0 Å². The maximum atomic E-state index is 12.5. The highest BCUT2D eigenvalue weighted by molar-refractivity contribution is 5.94. The molecule has 0 saturated heterocycles. The topological polar surface area (TPSA) is 46.9 Å². The van der Waals surface area contributed by atoms with Crippen molar-refractivity contribution >= 4 is 5.91 Å². The van der Waals surface area contributed by atoms with Crippen molar-refractivity contribution in [2.75, 3.05) is 0 Å². The van der Waals surface area contributed by atoms with Gasteiger partial charge in [0.1, 0.15) is 0 Å². The van der Waals surface area contributed by atoms with Gasteiger partial charge in [-0.2, -0.15) is 5.10 Å². The van der Waals surface area contributed by atoms with Crippen LogP contribution in [-0.4, -0.2) is 21.7 Å². The van der Waals surface area contributed by atoms with E-state index < -0.39 is 0 Å². The molecule has 2 aromatic carbocycles. The van der Waals surface area contributed by atoms with Crippen LogP contribution in [0.5, 0.6) is 0 Å². The van der Waals surface area contributed by atoms with Crippen molar-refractivity contribution in [2.45, 2.75) is 45.1 Å². The molecule has 4 nitrogen and oxygen atoms in total. The van der Waals surface area contributed by atoms with Crippen molar-refractivity contribution in [3.63, 3.8) is 0 Å². The number of aryl methyl sites for hydroxylation is 1. The normalized spacial score (nSPS) is 14.9. The third kappa shape index (κ3) is 3.95. The fourth-order valence-corrected chi connectivity index (χ4v) is 3.78. The van der Waals surface area contributed by atoms with Crippen LogP contribution in [0.3, 0.4) is 0 Å². The van der Waals surface area contributed by atoms with Gasteiger partial charge in [0.2, 0.25) is 0 Å². The average Bonchev–Trinajstić information content (AvgIpc) is 3.11. The van der Waals surface area contributed by atoms with Crippen LogP contribution >= 0.6 is 0 Å². The lowest BCUT2D eigenvalue weighted by Gasteiger charge is -2.22. The summed E-state index contributed by atoms with van der Waals surface area (Å²) in [6, 6.07) is 20.3. The molecule has 0 atom stereocenters. The number of aromatic nitrogens is 2. The minimum absolute atomic E-state index is 0.0216. The summed E-state index contributed by atoms with van der Waals surface area (Å²) < 4.78 is 1.94. The second kappa shape index (κ2) is 7.78. The summed E-state index contributed by atoms with van der Waals surface area (Å²) in [6.07, 6.45) is 5.90. The monoisotopic (exact) mass is 359 g/mol. The first-order chi connectivity index (χ1) is 13.2. The molecule has 0 unspecified atom stereocenters. The number of amides is 1. The number of carbonyl (C=O) groups is 1. The molecule has 0 bridgehead atoms. The van der Waals surface area contributed by atoms with E-state index in [1.165, 1.54) is 19.3 Å². The molecular formula is C23H25N3O. The molecule has 1 amide bonds. The Kier molecular flexibility index (Phi) is 5.05. The van der Waals surface area contributed by atoms with Crippen LogP contribution in [0.15, 0.2) is 60.7 Å². The Balaban J connectivity index is 1.55. The van der Waals surface area contributed by atoms with Gasteiger partial charge in [-0.05, 0) is 50.1 Å². The van der Waals surface area contributed by atoms with Gasteiger partial charge in [0.05, 0.1) is 17.1 Å². The minimum atomic E-state index is 0.0216. The van der Waals surface area contributed by atoms with Gasteiger partial charge in [-0.3, -0.25) is 4.79 Å². The van der Waals surface area contributed by atoms with Crippen molar-refractivity contribution in [1.82, 2.24) is 15.1 Å². The summed E-state index contributed by atoms with van der Waals surface area (Å²) in [4.78, 5) is 12.5. The predicted octanol–water partition coefficient (Wildman–Crippen LogP) is 4.91. The fraction of sp³-hybridized carbons (Fsp3) is 0.304. The zero-order valence-corrected chi connectivity index (χ0v) is 15.7. The largest absolute Gasteiger partial charge is 0.349 e. The van der Waals surface area contributed by atoms with Crippen molar-refractivity contribution in [1.29, 1.82) is 0 Å². The van der Waals surface area contributed by atoms with Gasteiger partial charge in [0.15, 0.2) is 0 Å². The van der Waals surface area contributed by atoms with Crippen LogP contribution in [-0.2, 0) is 0 Å². The SMILES string of the molecule is Cc1cc(-c2ccccc2)n(-c2ccc(C(=O)NC3CCCCC3)cc2)n1. The second-order valence-electron chi connectivity index (χ2n) is 7.30. The third-order valence-electron chi connectivity index (χ3n) is 5.22. The number of nitrogens with zero attached hydrogens (tertiary/aromatic N) is 2. The molecule has 1 fully saturated rings. The summed E-state index contributed by atoms with van der Waals surface area (Å²) in [5.41, 5.74) is 4.79. The Morgan fingerprint density at radius 3 is 2.41 bits per heavy atom. The van der Waals surface area contributed by atoms with Crippen LogP contribution in [0, 0.1) is 6.92 Å². The quantitative estimate of drug-likeness (QED) is 0.719. The van der Waals surface area contributed by atoms with E-state index in [4.69, 9.17) is 0 Å². The highest BCUT2D eigenvalue weighted by atomic mass is 16.1. The number of benzene rings is 2. The molecule has 0 radical (unpaired) electrons. The zero-order chi connectivity index (χ0) is 18.6. The van der Waals surface area contributed by atoms with Gasteiger partial charge in [0, 0.05) is 17.2 Å². The molecule has 3 aromatic rings. The van der Waals surface area contributed by atoms with E-state index in [0.717, 1.165) is 35.5 Å². The molecular weight excluding hydrogens is 334 g/mol. The Morgan fingerprint density at radius 1 is 1.00 bits per heavy atom. The van der Waals surface area contributed by atoms with Crippen LogP contribution in [0.1, 0.15) is 48.2 Å². The lowest BCUT2D eigenvalue weighted by atomic mass is 9.95. The summed E-state index contributed by atoms with van der Waals surface area (Å²) in [5, 5.41) is 7.82. The van der Waals surface area contributed by atoms with Crippen molar-refractivity contribution in [3.05, 3.63) is 71.9 Å². The summed E-state index contributed by atoms with van der Waals surface area (Å²) in [7, 11) is 0. The van der Waals surface area contributed by atoms with Gasteiger partial charge >= 0.3 is 0 Å². The maximum absolute atomic E-state index is 12.5. The number of rotatable bonds is 4. The van der Waals surface area contributed by atoms with E-state index >= 15 is 0 Å². The number of hydrogen-bond acceptors (Lipinski definition) is 2. The molecule has 1 N–H and O–H groups in total. The van der Waals surface area contributed by atoms with E-state index in [0.29, 0.717) is 11.6 Å². The number of nitrogens with one attached hydrogen (secondary N) is 1. The first-order valence-electron chi connectivity index (χ1n) is 9.74. The van der Waals surface area contributed by atoms with Gasteiger partial charge in [0.25, 0.3) is 5.91 Å². The molecule has 1 saturated carbocycles. The van der Waals surface area contributed by atoms with E-state index in [9.17, 15) is 4.79 Å². The van der Waals surface area contributed by atoms with E-state index in [1.54, 1.807) is 0 Å². The molecule has 138 valence electrons. The van der Waals surface area contributed by atoms with E-state index in [2.05, 4.69) is 28.6 Å². The minimum Gasteiger partial charge on any atom is -0.349 e. The molecule has 1 aliphatic carbocycles. The Labute approximate surface area is 160 Å². The summed E-state index contributed by atoms with van der Waals surface area (Å²) >= 11 is 0. The van der Waals surface area contributed by atoms with Gasteiger partial charge in [-0.25, -0.2) is 4.68 Å². The van der Waals surface area contributed by atoms with Crippen molar-refractivity contribution in [3.8, 4) is 16.9 Å². The summed E-state index contributed by atoms with van der Waals surface area (Å²) in [5.74, 6) is 0.0216. The number of carbonyl (C=O) groups excluding carboxylic acids is 1. The van der Waals surface area contributed by atoms with Gasteiger partial charge < -0.3 is 5.32 Å². The van der Waals surface area contributed by atoms with E-state index in [1.807, 2.05) is 54.1 Å². The van der Waals surface area contributed by atoms with Crippen molar-refractivity contribution in [2.24, 2.45) is 0 Å². The fourth-order valence-electron chi connectivity index (χ4n) is 3.78. The van der Waals surface area contributed by atoms with Gasteiger partial charge in [-0.1, -0.05) is 49.6 Å². The van der Waals surface area contributed by atoms with Crippen LogP contribution in [0.4, 0.5) is 0 Å². The second-order valence-corrected chi connectivity index (χ2v) is 7.30. The van der Waals surface area contributed by atoms with E-state index in [-0.39, 0.29) is 5.91 Å². The molecule has 0 aliphatic heterocycles. The molecule has 0 spiro atoms. The predicted molar refractivity (Wildman–Crippen MR) is 108 cm³/mol. The van der Waals surface area contributed by atoms with Crippen LogP contribution in [0.25, 0.3) is 16.9 Å². The lowest BCUT2D eigenvalue weighted by molar-refractivity contribution is 0.0927. The molecule has 4 rings (SSSR count). The highest BCUT2D eigenvalue weighted by Crippen LogP contribution is 2.24. The number of hydrogen-bond donors (Lipinski definition) is 1. The Bertz CT molecular complexity index is 907. The van der Waals surface area contributed by atoms with Gasteiger partial charge in [-0.15, -0.1) is 0 Å². The molecule has 1 heterocycles. The lowest BCUT2D eigenvalue weighted by Crippen LogP contribution is -2.36. The first-order valence-corrected chi connectivity index (χ1v) is 9.74. The Morgan fingerprint density at radius 2 is 1.70 bits per heavy atom. The zero-order valence-electron chi connectivity index (χ0n) is 15.7. The average molecular weight is 359 g/mol. The molecule has 4 heteroatoms. The third-order valence-corrected chi connectivity index (χ3v) is 5.22. The molecule has 27 heavy (non-hydrogen) atoms. The Hall–Kier alpha value is -2.88. The summed E-state index contributed by atoms with van der Waals surface area (Å²) in [6.45, 7) is 1.99. The van der Waals surface area contributed by atoms with Crippen LogP contribution < -0.4 is 5.32 Å². The van der Waals surface area contributed by atoms with Crippen molar-refractivity contribution < 1.29 is 4.79 Å². The highest BCUT2D eigenvalue weighted by Gasteiger charge is 2.17. The molecule has 1 aliphatic rings. The molecule has 1 aromatic heterocycles. The first kappa shape index (κ1) is 17.5. The smallest absolute Gasteiger partial charge is 0.251 e. The standard InChI is InChI=1S/C23H25N3O/c1-17-16-22(18-8-4-2-5-9-18)26(25-17)21-14-12-19(13-15-21)23(27)24-20-10-6-3-7-11-20/h2,4-5,8-9,12-16,20H,3,6-7,10-11H2,1H3,(H,24,27).